The van der Waals surface area contributed by atoms with Gasteiger partial charge in [-0.2, -0.15) is 5.10 Å². The predicted molar refractivity (Wildman–Crippen MR) is 130 cm³/mol. The van der Waals surface area contributed by atoms with Gasteiger partial charge in [-0.15, -0.1) is 11.3 Å². The Kier molecular flexibility index (Phi) is 5.84. The number of rotatable bonds is 5. The van der Waals surface area contributed by atoms with Gasteiger partial charge < -0.3 is 9.80 Å². The molecule has 1 aromatic carbocycles. The monoisotopic (exact) mass is 464 g/mol. The van der Waals surface area contributed by atoms with Gasteiger partial charge in [-0.25, -0.2) is 14.6 Å². The minimum absolute atomic E-state index is 0.173. The molecule has 9 heteroatoms. The van der Waals surface area contributed by atoms with Crippen LogP contribution in [0.15, 0.2) is 53.0 Å². The lowest BCUT2D eigenvalue weighted by atomic mass is 10.2. The third-order valence-electron chi connectivity index (χ3n) is 5.66. The predicted octanol–water partition coefficient (Wildman–Crippen LogP) is 3.93. The van der Waals surface area contributed by atoms with Gasteiger partial charge in [0, 0.05) is 32.4 Å². The first kappa shape index (κ1) is 21.0. The molecule has 1 fully saturated rings. The van der Waals surface area contributed by atoms with Crippen molar-refractivity contribution in [3.63, 3.8) is 0 Å². The molecular weight excluding hydrogens is 440 g/mol. The summed E-state index contributed by atoms with van der Waals surface area (Å²) < 4.78 is 4.01. The first-order valence-corrected chi connectivity index (χ1v) is 12.4. The largest absolute Gasteiger partial charge is 0.365 e. The van der Waals surface area contributed by atoms with Gasteiger partial charge in [0.25, 0.3) is 0 Å². The molecule has 1 amide bonds. The number of hydrogen-bond donors (Lipinski definition) is 0. The molecule has 0 atom stereocenters. The van der Waals surface area contributed by atoms with E-state index in [2.05, 4.69) is 27.9 Å². The number of aryl methyl sites for hydroxylation is 1. The van der Waals surface area contributed by atoms with Crippen molar-refractivity contribution in [2.45, 2.75) is 18.2 Å². The summed E-state index contributed by atoms with van der Waals surface area (Å²) in [4.78, 5) is 26.1. The number of fused-ring (bicyclic) bond motifs is 1. The molecule has 0 N–H and O–H groups in total. The number of benzene rings is 1. The van der Waals surface area contributed by atoms with Gasteiger partial charge in [-0.3, -0.25) is 4.79 Å². The number of carbonyl (C=O) groups is 1. The number of piperazine rings is 1. The van der Waals surface area contributed by atoms with Crippen molar-refractivity contribution in [3.8, 4) is 5.82 Å². The van der Waals surface area contributed by atoms with Crippen LogP contribution in [-0.2, 0) is 4.79 Å². The van der Waals surface area contributed by atoms with Crippen LogP contribution in [0.2, 0.25) is 0 Å². The zero-order valence-corrected chi connectivity index (χ0v) is 19.7. The van der Waals surface area contributed by atoms with Crippen LogP contribution in [0.25, 0.3) is 16.0 Å². The SMILES string of the molecule is Cc1nn(-c2ccccn2)c(C)c1N1CCN(C(=O)CSc2nc3ccccc3s2)CC1. The average Bonchev–Trinajstić information content (AvgIpc) is 3.38. The van der Waals surface area contributed by atoms with E-state index in [1.165, 1.54) is 11.8 Å². The van der Waals surface area contributed by atoms with Crippen LogP contribution in [-0.4, -0.2) is 62.5 Å². The fourth-order valence-electron chi connectivity index (χ4n) is 4.10. The molecule has 0 spiro atoms. The molecule has 0 saturated carbocycles. The summed E-state index contributed by atoms with van der Waals surface area (Å²) in [6.45, 7) is 7.14. The van der Waals surface area contributed by atoms with Gasteiger partial charge in [-0.1, -0.05) is 30.0 Å². The number of thiazole rings is 1. The number of nitrogens with zero attached hydrogens (tertiary/aromatic N) is 6. The Morgan fingerprint density at radius 2 is 1.84 bits per heavy atom. The Morgan fingerprint density at radius 1 is 1.06 bits per heavy atom. The highest BCUT2D eigenvalue weighted by atomic mass is 32.2. The number of hydrogen-bond acceptors (Lipinski definition) is 7. The fourth-order valence-corrected chi connectivity index (χ4v) is 6.07. The first-order chi connectivity index (χ1) is 15.6. The number of anilines is 1. The number of aromatic nitrogens is 4. The summed E-state index contributed by atoms with van der Waals surface area (Å²) in [6.07, 6.45) is 1.78. The Labute approximate surface area is 195 Å². The molecular formula is C23H24N6OS2. The minimum atomic E-state index is 0.173. The van der Waals surface area contributed by atoms with Crippen LogP contribution in [0, 0.1) is 13.8 Å². The van der Waals surface area contributed by atoms with E-state index in [1.54, 1.807) is 17.5 Å². The highest BCUT2D eigenvalue weighted by Gasteiger charge is 2.26. The molecule has 0 bridgehead atoms. The molecule has 1 saturated heterocycles. The van der Waals surface area contributed by atoms with Gasteiger partial charge in [0.2, 0.25) is 5.91 Å². The van der Waals surface area contributed by atoms with Crippen molar-refractivity contribution < 1.29 is 4.79 Å². The van der Waals surface area contributed by atoms with Crippen molar-refractivity contribution in [3.05, 3.63) is 60.0 Å². The fraction of sp³-hybridized carbons (Fsp3) is 0.304. The number of carbonyl (C=O) groups excluding carboxylic acids is 1. The summed E-state index contributed by atoms with van der Waals surface area (Å²) in [5, 5.41) is 4.71. The molecule has 1 aliphatic heterocycles. The number of pyridine rings is 1. The molecule has 7 nitrogen and oxygen atoms in total. The summed E-state index contributed by atoms with van der Waals surface area (Å²) >= 11 is 3.18. The second kappa shape index (κ2) is 8.91. The Balaban J connectivity index is 1.20. The molecule has 0 aliphatic carbocycles. The number of amides is 1. The van der Waals surface area contributed by atoms with Crippen LogP contribution in [0.5, 0.6) is 0 Å². The standard InChI is InChI=1S/C23H24N6OS2/c1-16-22(17(2)29(26-16)20-9-5-6-10-24-20)28-13-11-27(12-14-28)21(30)15-31-23-25-18-7-3-4-8-19(18)32-23/h3-10H,11-15H2,1-2H3. The lowest BCUT2D eigenvalue weighted by Crippen LogP contribution is -2.49. The smallest absolute Gasteiger partial charge is 0.233 e. The molecule has 1 aliphatic rings. The average molecular weight is 465 g/mol. The van der Waals surface area contributed by atoms with Crippen LogP contribution < -0.4 is 4.90 Å². The van der Waals surface area contributed by atoms with Crippen molar-refractivity contribution in [1.29, 1.82) is 0 Å². The van der Waals surface area contributed by atoms with Crippen molar-refractivity contribution in [1.82, 2.24) is 24.6 Å². The van der Waals surface area contributed by atoms with E-state index in [0.717, 1.165) is 50.5 Å². The van der Waals surface area contributed by atoms with Crippen molar-refractivity contribution in [2.24, 2.45) is 0 Å². The maximum atomic E-state index is 12.8. The first-order valence-electron chi connectivity index (χ1n) is 10.6. The van der Waals surface area contributed by atoms with Gasteiger partial charge in [0.05, 0.1) is 33.0 Å². The van der Waals surface area contributed by atoms with Crippen LogP contribution in [0.4, 0.5) is 5.69 Å². The van der Waals surface area contributed by atoms with Gasteiger partial charge >= 0.3 is 0 Å². The van der Waals surface area contributed by atoms with E-state index in [-0.39, 0.29) is 5.91 Å². The third kappa shape index (κ3) is 4.10. The van der Waals surface area contributed by atoms with Crippen LogP contribution >= 0.6 is 23.1 Å². The quantitative estimate of drug-likeness (QED) is 0.417. The topological polar surface area (TPSA) is 67.2 Å². The van der Waals surface area contributed by atoms with E-state index < -0.39 is 0 Å². The summed E-state index contributed by atoms with van der Waals surface area (Å²) in [7, 11) is 0. The van der Waals surface area contributed by atoms with Crippen LogP contribution in [0.1, 0.15) is 11.4 Å². The highest BCUT2D eigenvalue weighted by Crippen LogP contribution is 2.30. The maximum Gasteiger partial charge on any atom is 0.233 e. The Morgan fingerprint density at radius 3 is 2.59 bits per heavy atom. The van der Waals surface area contributed by atoms with E-state index in [9.17, 15) is 4.79 Å². The Bertz CT molecular complexity index is 1210. The zero-order valence-electron chi connectivity index (χ0n) is 18.1. The number of thioether (sulfide) groups is 1. The van der Waals surface area contributed by atoms with E-state index >= 15 is 0 Å². The molecule has 4 aromatic rings. The molecule has 5 rings (SSSR count). The van der Waals surface area contributed by atoms with Gasteiger partial charge in [0.1, 0.15) is 0 Å². The summed E-state index contributed by atoms with van der Waals surface area (Å²) in [5.74, 6) is 1.42. The molecule has 4 heterocycles. The van der Waals surface area contributed by atoms with Gasteiger partial charge in [0.15, 0.2) is 10.2 Å². The van der Waals surface area contributed by atoms with E-state index in [1.807, 2.05) is 52.9 Å². The number of para-hydroxylation sites is 1. The molecule has 0 unspecified atom stereocenters. The Hall–Kier alpha value is -2.91. The van der Waals surface area contributed by atoms with E-state index in [0.29, 0.717) is 18.8 Å². The molecule has 0 radical (unpaired) electrons. The molecule has 32 heavy (non-hydrogen) atoms. The summed E-state index contributed by atoms with van der Waals surface area (Å²) in [5.41, 5.74) is 4.20. The third-order valence-corrected chi connectivity index (χ3v) is 7.83. The second-order valence-electron chi connectivity index (χ2n) is 7.72. The lowest BCUT2D eigenvalue weighted by Gasteiger charge is -2.36. The minimum Gasteiger partial charge on any atom is -0.365 e. The van der Waals surface area contributed by atoms with Crippen LogP contribution in [0.3, 0.4) is 0 Å². The van der Waals surface area contributed by atoms with Gasteiger partial charge in [-0.05, 0) is 38.1 Å². The molecule has 164 valence electrons. The maximum absolute atomic E-state index is 12.8. The summed E-state index contributed by atoms with van der Waals surface area (Å²) in [6, 6.07) is 13.9. The second-order valence-corrected chi connectivity index (χ2v) is 9.98. The zero-order chi connectivity index (χ0) is 22.1. The normalized spacial score (nSPS) is 14.3. The molecule has 3 aromatic heterocycles. The van der Waals surface area contributed by atoms with E-state index in [4.69, 9.17) is 5.10 Å². The van der Waals surface area contributed by atoms with Crippen molar-refractivity contribution >= 4 is 44.9 Å². The highest BCUT2D eigenvalue weighted by molar-refractivity contribution is 8.01. The van der Waals surface area contributed by atoms with Crippen molar-refractivity contribution in [2.75, 3.05) is 36.8 Å². The lowest BCUT2D eigenvalue weighted by molar-refractivity contribution is -0.128.